The van der Waals surface area contributed by atoms with E-state index in [9.17, 15) is 0 Å². The van der Waals surface area contributed by atoms with Crippen LogP contribution in [0.4, 0.5) is 11.5 Å². The van der Waals surface area contributed by atoms with E-state index in [1.807, 2.05) is 67.3 Å². The van der Waals surface area contributed by atoms with Gasteiger partial charge in [-0.25, -0.2) is 4.68 Å². The van der Waals surface area contributed by atoms with Gasteiger partial charge in [-0.2, -0.15) is 5.10 Å². The zero-order valence-corrected chi connectivity index (χ0v) is 19.1. The third kappa shape index (κ3) is 6.70. The van der Waals surface area contributed by atoms with Gasteiger partial charge in [-0.05, 0) is 31.2 Å². The van der Waals surface area contributed by atoms with Crippen molar-refractivity contribution in [3.63, 3.8) is 0 Å². The number of para-hydroxylation sites is 1. The fourth-order valence-electron chi connectivity index (χ4n) is 2.88. The molecule has 0 fully saturated rings. The second-order valence-corrected chi connectivity index (χ2v) is 6.65. The molecule has 0 spiro atoms. The van der Waals surface area contributed by atoms with Crippen molar-refractivity contribution in [3.05, 3.63) is 59.7 Å². The van der Waals surface area contributed by atoms with Crippen LogP contribution in [0, 0.1) is 12.3 Å². The third-order valence-corrected chi connectivity index (χ3v) is 4.61. The Morgan fingerprint density at radius 2 is 1.68 bits per heavy atom. The standard InChI is InChI=1S/C19H21N5.C4H10.CH3NO/c1-13-18(14-9-10-17(21-2)15(11-14)12-20)23-24(19(13)22-3)16-7-5-4-6-8-16;1-3-4-2;2-1-3/h4-12,20-22H,1-3H3;3-4H2,1-2H3;1H,(H2,2,3). The lowest BCUT2D eigenvalue weighted by molar-refractivity contribution is -0.106. The van der Waals surface area contributed by atoms with E-state index >= 15 is 0 Å². The number of primary amides is 1. The number of nitrogens with zero attached hydrogens (tertiary/aromatic N) is 2. The van der Waals surface area contributed by atoms with E-state index in [1.165, 1.54) is 19.1 Å². The molecule has 7 heteroatoms. The number of nitrogens with one attached hydrogen (secondary N) is 3. The lowest BCUT2D eigenvalue weighted by atomic mass is 10.0. The molecule has 0 saturated heterocycles. The second kappa shape index (κ2) is 13.6. The normalized spacial score (nSPS) is 9.45. The molecule has 0 atom stereocenters. The van der Waals surface area contributed by atoms with E-state index in [1.54, 1.807) is 0 Å². The molecule has 31 heavy (non-hydrogen) atoms. The molecule has 0 bridgehead atoms. The van der Waals surface area contributed by atoms with Gasteiger partial charge in [0.1, 0.15) is 5.82 Å². The number of aromatic nitrogens is 2. The number of carbonyl (C=O) groups is 1. The average molecular weight is 423 g/mol. The summed E-state index contributed by atoms with van der Waals surface area (Å²) in [5, 5.41) is 18.8. The summed E-state index contributed by atoms with van der Waals surface area (Å²) in [5.74, 6) is 0.963. The summed E-state index contributed by atoms with van der Waals surface area (Å²) in [4.78, 5) is 8.58. The minimum Gasteiger partial charge on any atom is -0.388 e. The van der Waals surface area contributed by atoms with E-state index in [0.29, 0.717) is 0 Å². The monoisotopic (exact) mass is 422 g/mol. The van der Waals surface area contributed by atoms with Crippen molar-refractivity contribution in [3.8, 4) is 16.9 Å². The van der Waals surface area contributed by atoms with Gasteiger partial charge in [0.25, 0.3) is 0 Å². The molecule has 0 aliphatic rings. The molecule has 1 amide bonds. The quantitative estimate of drug-likeness (QED) is 0.337. The molecule has 1 aromatic heterocycles. The number of benzene rings is 2. The van der Waals surface area contributed by atoms with Crippen LogP contribution in [0.2, 0.25) is 0 Å². The van der Waals surface area contributed by atoms with Gasteiger partial charge >= 0.3 is 0 Å². The van der Waals surface area contributed by atoms with Crippen molar-refractivity contribution in [2.75, 3.05) is 24.7 Å². The largest absolute Gasteiger partial charge is 0.388 e. The van der Waals surface area contributed by atoms with Gasteiger partial charge in [0.2, 0.25) is 6.41 Å². The number of rotatable bonds is 6. The highest BCUT2D eigenvalue weighted by Gasteiger charge is 2.16. The van der Waals surface area contributed by atoms with E-state index in [0.717, 1.165) is 39.6 Å². The molecule has 0 radical (unpaired) electrons. The molecule has 7 nitrogen and oxygen atoms in total. The number of carbonyl (C=O) groups excluding carboxylic acids is 1. The predicted molar refractivity (Wildman–Crippen MR) is 132 cm³/mol. The van der Waals surface area contributed by atoms with Gasteiger partial charge < -0.3 is 21.8 Å². The van der Waals surface area contributed by atoms with Crippen molar-refractivity contribution in [1.29, 1.82) is 5.41 Å². The molecule has 5 N–H and O–H groups in total. The number of unbranched alkanes of at least 4 members (excludes halogenated alkanes) is 1. The van der Waals surface area contributed by atoms with Gasteiger partial charge in [0.15, 0.2) is 0 Å². The first-order valence-electron chi connectivity index (χ1n) is 10.3. The number of hydrogen-bond donors (Lipinski definition) is 4. The third-order valence-electron chi connectivity index (χ3n) is 4.61. The fourth-order valence-corrected chi connectivity index (χ4v) is 2.88. The molecule has 3 rings (SSSR count). The molecule has 0 aliphatic carbocycles. The molecular formula is C24H34N6O. The molecular weight excluding hydrogens is 388 g/mol. The van der Waals surface area contributed by atoms with Crippen LogP contribution in [0.1, 0.15) is 37.8 Å². The maximum Gasteiger partial charge on any atom is 0.204 e. The number of nitrogens with two attached hydrogens (primary N) is 1. The zero-order chi connectivity index (χ0) is 23.2. The summed E-state index contributed by atoms with van der Waals surface area (Å²) in [7, 11) is 3.76. The van der Waals surface area contributed by atoms with Crippen LogP contribution in [0.3, 0.4) is 0 Å². The Kier molecular flexibility index (Phi) is 11.1. The molecule has 3 aromatic rings. The van der Waals surface area contributed by atoms with Gasteiger partial charge in [-0.3, -0.25) is 4.79 Å². The summed E-state index contributed by atoms with van der Waals surface area (Å²) >= 11 is 0. The number of hydrogen-bond acceptors (Lipinski definition) is 5. The topological polar surface area (TPSA) is 109 Å². The highest BCUT2D eigenvalue weighted by Crippen LogP contribution is 2.31. The smallest absolute Gasteiger partial charge is 0.204 e. The lowest BCUT2D eigenvalue weighted by Gasteiger charge is -2.07. The Labute approximate surface area is 185 Å². The number of anilines is 2. The van der Waals surface area contributed by atoms with E-state index in [-0.39, 0.29) is 6.41 Å². The van der Waals surface area contributed by atoms with Crippen LogP contribution in [0.5, 0.6) is 0 Å². The van der Waals surface area contributed by atoms with E-state index in [4.69, 9.17) is 15.3 Å². The van der Waals surface area contributed by atoms with E-state index < -0.39 is 0 Å². The summed E-state index contributed by atoms with van der Waals surface area (Å²) in [6.45, 7) is 6.42. The SMILES string of the molecule is CCCC.CNc1ccc(-c2nn(-c3ccccc3)c(NC)c2C)cc1C=N.NC=O. The Morgan fingerprint density at radius 3 is 2.16 bits per heavy atom. The van der Waals surface area contributed by atoms with Crippen molar-refractivity contribution in [1.82, 2.24) is 9.78 Å². The van der Waals surface area contributed by atoms with Crippen molar-refractivity contribution in [2.24, 2.45) is 5.73 Å². The molecule has 0 aliphatic heterocycles. The molecule has 0 saturated carbocycles. The predicted octanol–water partition coefficient (Wildman–Crippen LogP) is 4.84. The maximum absolute atomic E-state index is 8.58. The summed E-state index contributed by atoms with van der Waals surface area (Å²) in [6.07, 6.45) is 4.25. The average Bonchev–Trinajstić information content (AvgIpc) is 3.16. The van der Waals surface area contributed by atoms with Crippen LogP contribution >= 0.6 is 0 Å². The van der Waals surface area contributed by atoms with Crippen LogP contribution in [0.15, 0.2) is 48.5 Å². The Bertz CT molecular complexity index is 948. The minimum absolute atomic E-state index is 0.250. The summed E-state index contributed by atoms with van der Waals surface area (Å²) in [5.41, 5.74) is 9.94. The molecule has 166 valence electrons. The highest BCUT2D eigenvalue weighted by atomic mass is 16.1. The van der Waals surface area contributed by atoms with Gasteiger partial charge in [0.05, 0.1) is 11.4 Å². The highest BCUT2D eigenvalue weighted by molar-refractivity contribution is 5.88. The first-order valence-corrected chi connectivity index (χ1v) is 10.3. The van der Waals surface area contributed by atoms with Crippen LogP contribution in [-0.4, -0.2) is 36.5 Å². The van der Waals surface area contributed by atoms with Crippen molar-refractivity contribution >= 4 is 24.1 Å². The molecule has 0 unspecified atom stereocenters. The summed E-state index contributed by atoms with van der Waals surface area (Å²) < 4.78 is 1.92. The molecule has 1 heterocycles. The Hall–Kier alpha value is -3.61. The van der Waals surface area contributed by atoms with Gasteiger partial charge in [-0.1, -0.05) is 51.0 Å². The van der Waals surface area contributed by atoms with Crippen molar-refractivity contribution < 1.29 is 4.79 Å². The van der Waals surface area contributed by atoms with Gasteiger partial charge in [0, 0.05) is 42.7 Å². The fraction of sp³-hybridized carbons (Fsp3) is 0.292. The van der Waals surface area contributed by atoms with Crippen molar-refractivity contribution in [2.45, 2.75) is 33.6 Å². The van der Waals surface area contributed by atoms with E-state index in [2.05, 4.69) is 37.1 Å². The first-order chi connectivity index (χ1) is 15.0. The Balaban J connectivity index is 0.000000604. The first kappa shape index (κ1) is 25.4. The second-order valence-electron chi connectivity index (χ2n) is 6.65. The van der Waals surface area contributed by atoms with Crippen LogP contribution in [0.25, 0.3) is 16.9 Å². The number of amides is 1. The van der Waals surface area contributed by atoms with Crippen LogP contribution in [-0.2, 0) is 4.79 Å². The maximum atomic E-state index is 8.58. The Morgan fingerprint density at radius 1 is 1.06 bits per heavy atom. The molecule has 2 aromatic carbocycles. The zero-order valence-electron chi connectivity index (χ0n) is 19.1. The lowest BCUT2D eigenvalue weighted by Crippen LogP contribution is -2.02. The van der Waals surface area contributed by atoms with Crippen LogP contribution < -0.4 is 16.4 Å². The summed E-state index contributed by atoms with van der Waals surface area (Å²) in [6, 6.07) is 16.1. The van der Waals surface area contributed by atoms with Gasteiger partial charge in [-0.15, -0.1) is 0 Å². The minimum atomic E-state index is 0.250.